The minimum atomic E-state index is -0.148. The summed E-state index contributed by atoms with van der Waals surface area (Å²) in [6, 6.07) is 21.6. The first-order valence-corrected chi connectivity index (χ1v) is 11.8. The number of para-hydroxylation sites is 1. The Labute approximate surface area is 199 Å². The number of allylic oxidation sites excluding steroid dienone is 1. The van der Waals surface area contributed by atoms with Gasteiger partial charge in [-0.1, -0.05) is 49.0 Å². The first-order chi connectivity index (χ1) is 15.7. The summed E-state index contributed by atoms with van der Waals surface area (Å²) in [6.45, 7) is 13.9. The fourth-order valence-electron chi connectivity index (χ4n) is 4.36. The predicted octanol–water partition coefficient (Wildman–Crippen LogP) is 7.37. The molecule has 2 unspecified atom stereocenters. The lowest BCUT2D eigenvalue weighted by Crippen LogP contribution is -2.19. The zero-order valence-electron chi connectivity index (χ0n) is 20.7. The van der Waals surface area contributed by atoms with Crippen molar-refractivity contribution in [3.05, 3.63) is 89.3 Å². The Hall–Kier alpha value is -3.12. The van der Waals surface area contributed by atoms with Crippen molar-refractivity contribution < 1.29 is 4.74 Å². The summed E-state index contributed by atoms with van der Waals surface area (Å²) in [4.78, 5) is 4.66. The van der Waals surface area contributed by atoms with Gasteiger partial charge in [-0.05, 0) is 88.1 Å². The van der Waals surface area contributed by atoms with Crippen LogP contribution in [-0.4, -0.2) is 10.6 Å². The zero-order valence-corrected chi connectivity index (χ0v) is 20.7. The third-order valence-electron chi connectivity index (χ3n) is 5.91. The first kappa shape index (κ1) is 24.5. The highest BCUT2D eigenvalue weighted by atomic mass is 16.5. The van der Waals surface area contributed by atoms with Crippen molar-refractivity contribution in [3.63, 3.8) is 0 Å². The van der Waals surface area contributed by atoms with E-state index in [1.54, 1.807) is 6.07 Å². The second-order valence-corrected chi connectivity index (χ2v) is 9.97. The van der Waals surface area contributed by atoms with Gasteiger partial charge in [0.2, 0.25) is 0 Å². The Bertz CT molecular complexity index is 1130. The summed E-state index contributed by atoms with van der Waals surface area (Å²) in [7, 11) is 0. The molecule has 1 fully saturated rings. The number of aromatic nitrogens is 1. The minimum absolute atomic E-state index is 0.148. The molecule has 33 heavy (non-hydrogen) atoms. The highest BCUT2D eigenvalue weighted by molar-refractivity contribution is 5.82. The molecule has 2 aromatic carbocycles. The lowest BCUT2D eigenvalue weighted by molar-refractivity contribution is 0.0433. The molecule has 0 bridgehead atoms. The quantitative estimate of drug-likeness (QED) is 0.360. The average Bonchev–Trinajstić information content (AvgIpc) is 3.52. The Morgan fingerprint density at radius 1 is 1.09 bits per heavy atom. The standard InChI is InChI=1S/C28H33NO.C2H3N/c1-19-16-23(25-8-6-7-9-27(25)29-19)15-14-21-10-12-22(13-11-21)17-24-18-26(24)20(2)30-28(3,4)5;1-2-3/h6-13,16,24,26H,2,14-15,17-18H2,1,3-5H3;1H3. The molecule has 1 aliphatic carbocycles. The molecule has 1 saturated carbocycles. The molecule has 3 heteroatoms. The third kappa shape index (κ3) is 7.19. The summed E-state index contributed by atoms with van der Waals surface area (Å²) in [5.74, 6) is 2.16. The van der Waals surface area contributed by atoms with Gasteiger partial charge in [0, 0.05) is 23.9 Å². The maximum absolute atomic E-state index is 7.32. The molecular weight excluding hydrogens is 404 g/mol. The zero-order chi connectivity index (χ0) is 24.0. The molecule has 0 radical (unpaired) electrons. The number of pyridine rings is 1. The van der Waals surface area contributed by atoms with Gasteiger partial charge in [0.05, 0.1) is 17.3 Å². The predicted molar refractivity (Wildman–Crippen MR) is 137 cm³/mol. The number of hydrogen-bond acceptors (Lipinski definition) is 3. The van der Waals surface area contributed by atoms with E-state index in [0.717, 1.165) is 36.2 Å². The van der Waals surface area contributed by atoms with Crippen LogP contribution in [0.25, 0.3) is 10.9 Å². The van der Waals surface area contributed by atoms with Crippen LogP contribution in [0.1, 0.15) is 56.5 Å². The fraction of sp³-hybridized carbons (Fsp3) is 0.400. The number of benzene rings is 2. The van der Waals surface area contributed by atoms with Gasteiger partial charge < -0.3 is 4.74 Å². The molecule has 0 N–H and O–H groups in total. The largest absolute Gasteiger partial charge is 0.493 e. The second kappa shape index (κ2) is 10.7. The van der Waals surface area contributed by atoms with E-state index in [0.29, 0.717) is 11.8 Å². The van der Waals surface area contributed by atoms with Gasteiger partial charge >= 0.3 is 0 Å². The van der Waals surface area contributed by atoms with Crippen LogP contribution in [0.5, 0.6) is 0 Å². The van der Waals surface area contributed by atoms with Crippen molar-refractivity contribution in [2.24, 2.45) is 11.8 Å². The van der Waals surface area contributed by atoms with E-state index in [-0.39, 0.29) is 5.60 Å². The van der Waals surface area contributed by atoms with Crippen LogP contribution in [-0.2, 0) is 24.0 Å². The normalized spacial score (nSPS) is 17.0. The van der Waals surface area contributed by atoms with Crippen LogP contribution in [0.2, 0.25) is 0 Å². The van der Waals surface area contributed by atoms with E-state index >= 15 is 0 Å². The summed E-state index contributed by atoms with van der Waals surface area (Å²) in [6.07, 6.45) is 4.41. The Balaban J connectivity index is 0.000000968. The van der Waals surface area contributed by atoms with Crippen LogP contribution < -0.4 is 0 Å². The van der Waals surface area contributed by atoms with E-state index in [1.807, 2.05) is 0 Å². The summed E-state index contributed by atoms with van der Waals surface area (Å²) >= 11 is 0. The van der Waals surface area contributed by atoms with Crippen LogP contribution in [0, 0.1) is 30.1 Å². The molecule has 0 saturated heterocycles. The first-order valence-electron chi connectivity index (χ1n) is 11.8. The van der Waals surface area contributed by atoms with E-state index in [1.165, 1.54) is 35.4 Å². The Kier molecular flexibility index (Phi) is 7.92. The van der Waals surface area contributed by atoms with Gasteiger partial charge in [0.25, 0.3) is 0 Å². The van der Waals surface area contributed by atoms with E-state index in [4.69, 9.17) is 10.00 Å². The molecule has 2 atom stereocenters. The molecule has 0 amide bonds. The molecule has 172 valence electrons. The smallest absolute Gasteiger partial charge is 0.100 e. The Morgan fingerprint density at radius 2 is 1.73 bits per heavy atom. The molecular formula is C30H36N2O. The molecule has 1 aromatic heterocycles. The Morgan fingerprint density at radius 3 is 2.39 bits per heavy atom. The SMILES string of the molecule is C=C(OC(C)(C)C)C1CC1Cc1ccc(CCc2cc(C)nc3ccccc23)cc1.CC#N. The monoisotopic (exact) mass is 440 g/mol. The number of rotatable bonds is 7. The van der Waals surface area contributed by atoms with Gasteiger partial charge in [-0.25, -0.2) is 0 Å². The maximum Gasteiger partial charge on any atom is 0.100 e. The fourth-order valence-corrected chi connectivity index (χ4v) is 4.36. The van der Waals surface area contributed by atoms with E-state index in [9.17, 15) is 0 Å². The van der Waals surface area contributed by atoms with Crippen molar-refractivity contribution in [1.82, 2.24) is 4.98 Å². The molecule has 3 nitrogen and oxygen atoms in total. The highest BCUT2D eigenvalue weighted by Crippen LogP contribution is 2.46. The van der Waals surface area contributed by atoms with Crippen LogP contribution >= 0.6 is 0 Å². The summed E-state index contributed by atoms with van der Waals surface area (Å²) in [5, 5.41) is 8.59. The molecule has 0 spiro atoms. The van der Waals surface area contributed by atoms with Gasteiger partial charge in [-0.2, -0.15) is 5.26 Å². The number of hydrogen-bond donors (Lipinski definition) is 0. The van der Waals surface area contributed by atoms with Crippen molar-refractivity contribution in [1.29, 1.82) is 5.26 Å². The average molecular weight is 441 g/mol. The summed E-state index contributed by atoms with van der Waals surface area (Å²) < 4.78 is 5.96. The molecule has 0 aliphatic heterocycles. The number of aryl methyl sites for hydroxylation is 3. The van der Waals surface area contributed by atoms with Gasteiger partial charge in [0.1, 0.15) is 5.60 Å². The minimum Gasteiger partial charge on any atom is -0.493 e. The van der Waals surface area contributed by atoms with Crippen molar-refractivity contribution in [2.45, 2.75) is 65.9 Å². The van der Waals surface area contributed by atoms with Gasteiger partial charge in [-0.3, -0.25) is 4.98 Å². The van der Waals surface area contributed by atoms with Crippen LogP contribution in [0.4, 0.5) is 0 Å². The topological polar surface area (TPSA) is 45.9 Å². The lowest BCUT2D eigenvalue weighted by atomic mass is 9.98. The molecule has 3 aromatic rings. The molecule has 4 rings (SSSR count). The van der Waals surface area contributed by atoms with Crippen molar-refractivity contribution in [3.8, 4) is 6.07 Å². The second-order valence-electron chi connectivity index (χ2n) is 9.97. The van der Waals surface area contributed by atoms with Crippen molar-refractivity contribution in [2.75, 3.05) is 0 Å². The number of ether oxygens (including phenoxy) is 1. The van der Waals surface area contributed by atoms with Gasteiger partial charge in [0.15, 0.2) is 0 Å². The van der Waals surface area contributed by atoms with Crippen molar-refractivity contribution >= 4 is 10.9 Å². The van der Waals surface area contributed by atoms with Crippen LogP contribution in [0.15, 0.2) is 66.9 Å². The van der Waals surface area contributed by atoms with E-state index < -0.39 is 0 Å². The van der Waals surface area contributed by atoms with Gasteiger partial charge in [-0.15, -0.1) is 0 Å². The molecule has 1 aliphatic rings. The maximum atomic E-state index is 7.32. The van der Waals surface area contributed by atoms with E-state index in [2.05, 4.69) is 93.9 Å². The number of fused-ring (bicyclic) bond motifs is 1. The number of nitriles is 1. The number of nitrogens with zero attached hydrogens (tertiary/aromatic N) is 2. The highest BCUT2D eigenvalue weighted by Gasteiger charge is 2.41. The third-order valence-corrected chi connectivity index (χ3v) is 5.91. The lowest BCUT2D eigenvalue weighted by Gasteiger charge is -2.23. The van der Waals surface area contributed by atoms with Crippen LogP contribution in [0.3, 0.4) is 0 Å². The summed E-state index contributed by atoms with van der Waals surface area (Å²) in [5.41, 5.74) is 6.24. The molecule has 1 heterocycles.